The van der Waals surface area contributed by atoms with E-state index in [4.69, 9.17) is 16.3 Å². The van der Waals surface area contributed by atoms with Gasteiger partial charge in [0.15, 0.2) is 0 Å². The number of aliphatic carboxylic acids is 1. The number of rotatable bonds is 2. The molecule has 0 spiro atoms. The molecule has 1 aliphatic heterocycles. The molecule has 1 aromatic heterocycles. The fourth-order valence-corrected chi connectivity index (χ4v) is 3.46. The number of benzene rings is 1. The first-order valence-corrected chi connectivity index (χ1v) is 7.91. The number of fused-ring (bicyclic) bond motifs is 1. The van der Waals surface area contributed by atoms with E-state index >= 15 is 0 Å². The molecule has 24 heavy (non-hydrogen) atoms. The van der Waals surface area contributed by atoms with E-state index in [1.54, 1.807) is 24.3 Å². The number of ether oxygens (including phenoxy) is 1. The maximum absolute atomic E-state index is 11.5. The molecule has 130 valence electrons. The molecule has 0 saturated carbocycles. The van der Waals surface area contributed by atoms with E-state index in [0.29, 0.717) is 10.9 Å². The molecule has 0 radical (unpaired) electrons. The Morgan fingerprint density at radius 2 is 1.88 bits per heavy atom. The molecule has 2 aromatic rings. The number of hydrogen-bond acceptors (Lipinski definition) is 6. The number of hydrogen-bond donors (Lipinski definition) is 6. The standard InChI is InChI=1S/C14H13BrClNO7/c15-13(11(20)21)14(16,23)10(19)9(18)12(22,24-13)7-5-17-8-4-2-1-3-6(7)8/h1-5,9-10,17-19,22-23H,(H,20,21)/t9-,10-,12-,13-,14+/m1/s1. The van der Waals surface area contributed by atoms with Crippen molar-refractivity contribution in [3.8, 4) is 0 Å². The van der Waals surface area contributed by atoms with Gasteiger partial charge in [0, 0.05) is 22.7 Å². The Balaban J connectivity index is 2.21. The van der Waals surface area contributed by atoms with Crippen molar-refractivity contribution >= 4 is 44.4 Å². The van der Waals surface area contributed by atoms with Gasteiger partial charge in [-0.2, -0.15) is 0 Å². The number of carboxylic acids is 1. The lowest BCUT2D eigenvalue weighted by Gasteiger charge is -2.51. The number of carboxylic acid groups (broad SMARTS) is 1. The average molecular weight is 423 g/mol. The second-order valence-corrected chi connectivity index (χ2v) is 7.20. The normalized spacial score (nSPS) is 39.9. The van der Waals surface area contributed by atoms with Crippen molar-refractivity contribution in [3.63, 3.8) is 0 Å². The van der Waals surface area contributed by atoms with Crippen LogP contribution in [0.5, 0.6) is 0 Å². The monoisotopic (exact) mass is 421 g/mol. The van der Waals surface area contributed by atoms with E-state index in [2.05, 4.69) is 20.9 Å². The van der Waals surface area contributed by atoms with Crippen molar-refractivity contribution in [2.75, 3.05) is 0 Å². The fraction of sp³-hybridized carbons (Fsp3) is 0.357. The van der Waals surface area contributed by atoms with Gasteiger partial charge in [-0.3, -0.25) is 0 Å². The largest absolute Gasteiger partial charge is 0.478 e. The van der Waals surface area contributed by atoms with Crippen LogP contribution in [0.3, 0.4) is 0 Å². The minimum Gasteiger partial charge on any atom is -0.478 e. The molecule has 0 unspecified atom stereocenters. The molecular weight excluding hydrogens is 410 g/mol. The van der Waals surface area contributed by atoms with Crippen LogP contribution in [0.15, 0.2) is 30.5 Å². The van der Waals surface area contributed by atoms with Crippen LogP contribution in [0.25, 0.3) is 10.9 Å². The number of H-pyrrole nitrogens is 1. The zero-order chi connectivity index (χ0) is 17.9. The third kappa shape index (κ3) is 2.14. The average Bonchev–Trinajstić information content (AvgIpc) is 2.96. The van der Waals surface area contributed by atoms with Crippen molar-refractivity contribution in [2.24, 2.45) is 0 Å². The van der Waals surface area contributed by atoms with Crippen molar-refractivity contribution in [1.29, 1.82) is 0 Å². The van der Waals surface area contributed by atoms with E-state index in [0.717, 1.165) is 0 Å². The summed E-state index contributed by atoms with van der Waals surface area (Å²) in [6.45, 7) is 0. The predicted molar refractivity (Wildman–Crippen MR) is 85.4 cm³/mol. The van der Waals surface area contributed by atoms with Crippen LogP contribution in [0.2, 0.25) is 0 Å². The molecule has 1 aliphatic rings. The Labute approximate surface area is 148 Å². The Morgan fingerprint density at radius 3 is 2.50 bits per heavy atom. The van der Waals surface area contributed by atoms with Gasteiger partial charge in [-0.15, -0.1) is 0 Å². The van der Waals surface area contributed by atoms with Gasteiger partial charge in [0.2, 0.25) is 10.8 Å². The van der Waals surface area contributed by atoms with E-state index in [1.807, 2.05) is 0 Å². The highest BCUT2D eigenvalue weighted by atomic mass is 79.9. The van der Waals surface area contributed by atoms with E-state index in [9.17, 15) is 30.3 Å². The third-order valence-electron chi connectivity index (χ3n) is 4.09. The van der Waals surface area contributed by atoms with E-state index in [-0.39, 0.29) is 5.56 Å². The maximum atomic E-state index is 11.5. The molecule has 1 saturated heterocycles. The second-order valence-electron chi connectivity index (χ2n) is 5.51. The summed E-state index contributed by atoms with van der Waals surface area (Å²) < 4.78 is 2.35. The summed E-state index contributed by atoms with van der Waals surface area (Å²) in [7, 11) is 0. The predicted octanol–water partition coefficient (Wildman–Crippen LogP) is 0.168. The summed E-state index contributed by atoms with van der Waals surface area (Å²) >= 11 is 8.33. The van der Waals surface area contributed by atoms with Gasteiger partial charge in [0.05, 0.1) is 0 Å². The smallest absolute Gasteiger partial charge is 0.352 e. The molecule has 0 bridgehead atoms. The highest BCUT2D eigenvalue weighted by Gasteiger charge is 2.71. The molecule has 0 amide bonds. The van der Waals surface area contributed by atoms with Crippen molar-refractivity contribution in [1.82, 2.24) is 4.98 Å². The third-order valence-corrected chi connectivity index (χ3v) is 5.91. The van der Waals surface area contributed by atoms with Crippen LogP contribution in [0, 0.1) is 0 Å². The summed E-state index contributed by atoms with van der Waals surface area (Å²) in [5.41, 5.74) is 0.551. The summed E-state index contributed by atoms with van der Waals surface area (Å²) in [5.74, 6) is -4.47. The molecule has 5 atom stereocenters. The molecule has 1 fully saturated rings. The zero-order valence-corrected chi connectivity index (χ0v) is 14.2. The summed E-state index contributed by atoms with van der Waals surface area (Å²) in [4.78, 5) is 14.4. The highest BCUT2D eigenvalue weighted by Crippen LogP contribution is 2.52. The van der Waals surface area contributed by atoms with E-state index in [1.165, 1.54) is 6.20 Å². The zero-order valence-electron chi connectivity index (χ0n) is 11.8. The minimum absolute atomic E-state index is 0.0260. The van der Waals surface area contributed by atoms with Crippen LogP contribution in [0.1, 0.15) is 5.56 Å². The van der Waals surface area contributed by atoms with Crippen molar-refractivity contribution in [3.05, 3.63) is 36.0 Å². The number of carbonyl (C=O) groups is 1. The van der Waals surface area contributed by atoms with Crippen LogP contribution in [-0.4, -0.2) is 58.3 Å². The summed E-state index contributed by atoms with van der Waals surface area (Å²) in [6, 6.07) is 6.67. The lowest BCUT2D eigenvalue weighted by molar-refractivity contribution is -0.364. The number of aromatic nitrogens is 1. The van der Waals surface area contributed by atoms with Crippen LogP contribution < -0.4 is 0 Å². The number of nitrogens with one attached hydrogen (secondary N) is 1. The molecular formula is C14H13BrClNO7. The number of aromatic amines is 1. The van der Waals surface area contributed by atoms with Gasteiger partial charge in [-0.25, -0.2) is 4.79 Å². The molecule has 2 heterocycles. The molecule has 0 aliphatic carbocycles. The van der Waals surface area contributed by atoms with Gasteiger partial charge in [-0.05, 0) is 22.0 Å². The lowest BCUT2D eigenvalue weighted by Crippen LogP contribution is -2.73. The quantitative estimate of drug-likeness (QED) is 0.379. The SMILES string of the molecule is O=C(O)[C@@]1(Br)O[C@](O)(c2c[nH]c3ccccc23)[C@H](O)[C@@H](O)[C@@]1(O)Cl. The second kappa shape index (κ2) is 5.40. The summed E-state index contributed by atoms with van der Waals surface area (Å²) in [6.07, 6.45) is -3.08. The van der Waals surface area contributed by atoms with E-state index < -0.39 is 33.5 Å². The first-order valence-electron chi connectivity index (χ1n) is 6.74. The first kappa shape index (κ1) is 17.6. The topological polar surface area (TPSA) is 143 Å². The first-order chi connectivity index (χ1) is 11.1. The summed E-state index contributed by atoms with van der Waals surface area (Å²) in [5, 5.41) is 48.2. The van der Waals surface area contributed by atoms with Crippen molar-refractivity contribution in [2.45, 2.75) is 27.6 Å². The molecule has 8 nitrogen and oxygen atoms in total. The molecule has 6 N–H and O–H groups in total. The van der Waals surface area contributed by atoms with Gasteiger partial charge in [0.25, 0.3) is 4.51 Å². The van der Waals surface area contributed by atoms with Crippen LogP contribution in [0.4, 0.5) is 0 Å². The minimum atomic E-state index is -2.95. The van der Waals surface area contributed by atoms with Crippen molar-refractivity contribution < 1.29 is 35.1 Å². The van der Waals surface area contributed by atoms with Gasteiger partial charge in [0.1, 0.15) is 12.2 Å². The lowest BCUT2D eigenvalue weighted by atomic mass is 9.87. The van der Waals surface area contributed by atoms with Crippen LogP contribution >= 0.6 is 27.5 Å². The number of aliphatic hydroxyl groups is 4. The molecule has 1 aromatic carbocycles. The Bertz CT molecular complexity index is 811. The Hall–Kier alpha value is -1.20. The van der Waals surface area contributed by atoms with Gasteiger partial charge >= 0.3 is 5.97 Å². The number of alkyl halides is 2. The Kier molecular flexibility index (Phi) is 3.96. The number of para-hydroxylation sites is 1. The molecule has 3 rings (SSSR count). The fourth-order valence-electron chi connectivity index (χ4n) is 2.74. The highest BCUT2D eigenvalue weighted by molar-refractivity contribution is 9.10. The number of aliphatic hydroxyl groups excluding tert-OH is 2. The number of halogens is 2. The van der Waals surface area contributed by atoms with Crippen LogP contribution in [-0.2, 0) is 15.3 Å². The Morgan fingerprint density at radius 1 is 1.25 bits per heavy atom. The molecule has 10 heteroatoms. The maximum Gasteiger partial charge on any atom is 0.352 e. The van der Waals surface area contributed by atoms with Gasteiger partial charge < -0.3 is 35.3 Å². The van der Waals surface area contributed by atoms with Gasteiger partial charge in [-0.1, -0.05) is 29.8 Å².